The Morgan fingerprint density at radius 1 is 1.20 bits per heavy atom. The quantitative estimate of drug-likeness (QED) is 0.879. The van der Waals surface area contributed by atoms with Crippen LogP contribution in [0.25, 0.3) is 0 Å². The van der Waals surface area contributed by atoms with Crippen LogP contribution in [-0.2, 0) is 9.84 Å². The van der Waals surface area contributed by atoms with Gasteiger partial charge in [0.25, 0.3) is 0 Å². The number of halogens is 2. The minimum atomic E-state index is -3.41. The van der Waals surface area contributed by atoms with Crippen molar-refractivity contribution in [2.75, 3.05) is 12.8 Å². The molecular formula is C14H21F2NO2S. The third-order valence-electron chi connectivity index (χ3n) is 3.47. The summed E-state index contributed by atoms with van der Waals surface area (Å²) in [5.74, 6) is -1.43. The van der Waals surface area contributed by atoms with Gasteiger partial charge in [0.15, 0.2) is 9.84 Å². The molecule has 0 spiro atoms. The molecule has 1 aromatic carbocycles. The lowest BCUT2D eigenvalue weighted by Crippen LogP contribution is -2.45. The normalized spacial score (nSPS) is 14.3. The van der Waals surface area contributed by atoms with Crippen LogP contribution in [-0.4, -0.2) is 26.0 Å². The van der Waals surface area contributed by atoms with Gasteiger partial charge in [0.2, 0.25) is 0 Å². The molecule has 6 heteroatoms. The van der Waals surface area contributed by atoms with Gasteiger partial charge >= 0.3 is 0 Å². The number of benzene rings is 1. The van der Waals surface area contributed by atoms with Gasteiger partial charge in [-0.25, -0.2) is 17.2 Å². The van der Waals surface area contributed by atoms with Crippen LogP contribution >= 0.6 is 0 Å². The second kappa shape index (κ2) is 6.18. The SMILES string of the molecule is CCCNC(c1cc(F)cc(F)c1)C(C)(C)S(C)(=O)=O. The van der Waals surface area contributed by atoms with E-state index < -0.39 is 32.3 Å². The number of nitrogens with one attached hydrogen (secondary N) is 1. The van der Waals surface area contributed by atoms with Crippen molar-refractivity contribution < 1.29 is 17.2 Å². The van der Waals surface area contributed by atoms with Gasteiger partial charge in [-0.05, 0) is 44.5 Å². The summed E-state index contributed by atoms with van der Waals surface area (Å²) in [7, 11) is -3.41. The summed E-state index contributed by atoms with van der Waals surface area (Å²) in [6.45, 7) is 5.60. The highest BCUT2D eigenvalue weighted by atomic mass is 32.2. The van der Waals surface area contributed by atoms with E-state index in [1.54, 1.807) is 13.8 Å². The Bertz CT molecular complexity index is 550. The molecule has 20 heavy (non-hydrogen) atoms. The molecule has 1 atom stereocenters. The number of hydrogen-bond acceptors (Lipinski definition) is 3. The van der Waals surface area contributed by atoms with Gasteiger partial charge in [0, 0.05) is 12.3 Å². The Balaban J connectivity index is 3.32. The second-order valence-corrected chi connectivity index (χ2v) is 8.06. The Kier molecular flexibility index (Phi) is 5.27. The maximum Gasteiger partial charge on any atom is 0.154 e. The highest BCUT2D eigenvalue weighted by molar-refractivity contribution is 7.92. The molecule has 1 unspecified atom stereocenters. The van der Waals surface area contributed by atoms with Crippen molar-refractivity contribution >= 4 is 9.84 Å². The minimum Gasteiger partial charge on any atom is -0.309 e. The van der Waals surface area contributed by atoms with Crippen molar-refractivity contribution in [3.8, 4) is 0 Å². The molecule has 0 fully saturated rings. The summed E-state index contributed by atoms with van der Waals surface area (Å²) in [6, 6.07) is 2.43. The smallest absolute Gasteiger partial charge is 0.154 e. The van der Waals surface area contributed by atoms with Crippen LogP contribution in [0.3, 0.4) is 0 Å². The van der Waals surface area contributed by atoms with Crippen LogP contribution in [0, 0.1) is 11.6 Å². The first-order chi connectivity index (χ1) is 9.09. The van der Waals surface area contributed by atoms with Gasteiger partial charge in [-0.2, -0.15) is 0 Å². The standard InChI is InChI=1S/C14H21F2NO2S/c1-5-6-17-13(14(2,3)20(4,18)19)10-7-11(15)9-12(16)8-10/h7-9,13,17H,5-6H2,1-4H3. The maximum absolute atomic E-state index is 13.4. The average molecular weight is 305 g/mol. The molecule has 0 saturated carbocycles. The van der Waals surface area contributed by atoms with E-state index in [9.17, 15) is 17.2 Å². The molecule has 0 radical (unpaired) electrons. The summed E-state index contributed by atoms with van der Waals surface area (Å²) in [4.78, 5) is 0. The van der Waals surface area contributed by atoms with Gasteiger partial charge in [-0.3, -0.25) is 0 Å². The van der Waals surface area contributed by atoms with E-state index in [0.717, 1.165) is 18.7 Å². The van der Waals surface area contributed by atoms with Crippen molar-refractivity contribution in [1.29, 1.82) is 0 Å². The van der Waals surface area contributed by atoms with Crippen LogP contribution in [0.1, 0.15) is 38.8 Å². The Morgan fingerprint density at radius 2 is 1.70 bits per heavy atom. The maximum atomic E-state index is 13.4. The lowest BCUT2D eigenvalue weighted by atomic mass is 9.94. The summed E-state index contributed by atoms with van der Waals surface area (Å²) in [6.07, 6.45) is 1.91. The molecule has 0 aromatic heterocycles. The first-order valence-electron chi connectivity index (χ1n) is 6.48. The molecular weight excluding hydrogens is 284 g/mol. The van der Waals surface area contributed by atoms with Crippen LogP contribution in [0.5, 0.6) is 0 Å². The van der Waals surface area contributed by atoms with Crippen LogP contribution in [0.4, 0.5) is 8.78 Å². The molecule has 1 rings (SSSR count). The topological polar surface area (TPSA) is 46.2 Å². The Hall–Kier alpha value is -1.01. The average Bonchev–Trinajstić information content (AvgIpc) is 2.26. The molecule has 1 N–H and O–H groups in total. The Morgan fingerprint density at radius 3 is 2.10 bits per heavy atom. The first kappa shape index (κ1) is 17.0. The highest BCUT2D eigenvalue weighted by Crippen LogP contribution is 2.33. The largest absolute Gasteiger partial charge is 0.309 e. The van der Waals surface area contributed by atoms with Gasteiger partial charge < -0.3 is 5.32 Å². The molecule has 0 heterocycles. The zero-order valence-corrected chi connectivity index (χ0v) is 13.0. The summed E-state index contributed by atoms with van der Waals surface area (Å²) in [5.41, 5.74) is 0.298. The predicted molar refractivity (Wildman–Crippen MR) is 76.3 cm³/mol. The van der Waals surface area contributed by atoms with Crippen molar-refractivity contribution in [2.45, 2.75) is 38.0 Å². The molecule has 0 aliphatic rings. The molecule has 0 aliphatic carbocycles. The van der Waals surface area contributed by atoms with Crippen LogP contribution < -0.4 is 5.32 Å². The zero-order chi connectivity index (χ0) is 15.6. The molecule has 0 amide bonds. The van der Waals surface area contributed by atoms with Crippen molar-refractivity contribution in [2.24, 2.45) is 0 Å². The third-order valence-corrected chi connectivity index (χ3v) is 5.61. The van der Waals surface area contributed by atoms with E-state index in [2.05, 4.69) is 5.32 Å². The molecule has 114 valence electrons. The van der Waals surface area contributed by atoms with E-state index in [0.29, 0.717) is 12.1 Å². The lowest BCUT2D eigenvalue weighted by molar-refractivity contribution is 0.416. The van der Waals surface area contributed by atoms with E-state index in [1.807, 2.05) is 6.92 Å². The minimum absolute atomic E-state index is 0.298. The van der Waals surface area contributed by atoms with E-state index in [1.165, 1.54) is 12.1 Å². The number of hydrogen-bond donors (Lipinski definition) is 1. The summed E-state index contributed by atoms with van der Waals surface area (Å²) < 4.78 is 49.5. The number of sulfone groups is 1. The van der Waals surface area contributed by atoms with Gasteiger partial charge in [-0.1, -0.05) is 6.92 Å². The molecule has 0 saturated heterocycles. The van der Waals surface area contributed by atoms with Gasteiger partial charge in [-0.15, -0.1) is 0 Å². The fourth-order valence-electron chi connectivity index (χ4n) is 2.01. The van der Waals surface area contributed by atoms with E-state index in [-0.39, 0.29) is 0 Å². The molecule has 0 aliphatic heterocycles. The van der Waals surface area contributed by atoms with E-state index >= 15 is 0 Å². The lowest BCUT2D eigenvalue weighted by Gasteiger charge is -2.34. The second-order valence-electron chi connectivity index (χ2n) is 5.47. The summed E-state index contributed by atoms with van der Waals surface area (Å²) >= 11 is 0. The van der Waals surface area contributed by atoms with Crippen LogP contribution in [0.15, 0.2) is 18.2 Å². The number of rotatable bonds is 6. The predicted octanol–water partition coefficient (Wildman–Crippen LogP) is 2.83. The monoisotopic (exact) mass is 305 g/mol. The van der Waals surface area contributed by atoms with Gasteiger partial charge in [0.1, 0.15) is 11.6 Å². The van der Waals surface area contributed by atoms with Crippen molar-refractivity contribution in [1.82, 2.24) is 5.32 Å². The summed E-state index contributed by atoms with van der Waals surface area (Å²) in [5, 5.41) is 3.07. The first-order valence-corrected chi connectivity index (χ1v) is 8.37. The molecule has 0 bridgehead atoms. The fourth-order valence-corrected chi connectivity index (χ4v) is 2.66. The van der Waals surface area contributed by atoms with Crippen LogP contribution in [0.2, 0.25) is 0 Å². The van der Waals surface area contributed by atoms with Crippen molar-refractivity contribution in [3.63, 3.8) is 0 Å². The fraction of sp³-hybridized carbons (Fsp3) is 0.571. The third kappa shape index (κ3) is 3.76. The zero-order valence-electron chi connectivity index (χ0n) is 12.2. The van der Waals surface area contributed by atoms with Gasteiger partial charge in [0.05, 0.1) is 10.8 Å². The molecule has 1 aromatic rings. The van der Waals surface area contributed by atoms with E-state index in [4.69, 9.17) is 0 Å². The Labute approximate surface area is 119 Å². The van der Waals surface area contributed by atoms with Crippen molar-refractivity contribution in [3.05, 3.63) is 35.4 Å². The molecule has 3 nitrogen and oxygen atoms in total. The highest BCUT2D eigenvalue weighted by Gasteiger charge is 2.39.